The van der Waals surface area contributed by atoms with Crippen molar-refractivity contribution >= 4 is 10.1 Å². The Morgan fingerprint density at radius 3 is 2.00 bits per heavy atom. The zero-order chi connectivity index (χ0) is 12.8. The van der Waals surface area contributed by atoms with Crippen molar-refractivity contribution in [1.29, 1.82) is 0 Å². The minimum atomic E-state index is -4.25. The second-order valence-electron chi connectivity index (χ2n) is 2.89. The predicted molar refractivity (Wildman–Crippen MR) is 67.5 cm³/mol. The average Bonchev–Trinajstić information content (AvgIpc) is 2.18. The molecule has 4 heteroatoms. The van der Waals surface area contributed by atoms with Crippen LogP contribution in [0.25, 0.3) is 0 Å². The molecule has 0 aromatic heterocycles. The van der Waals surface area contributed by atoms with Crippen molar-refractivity contribution in [2.75, 3.05) is 0 Å². The second-order valence-corrected chi connectivity index (χ2v) is 4.28. The van der Waals surface area contributed by atoms with Crippen molar-refractivity contribution in [3.05, 3.63) is 59.6 Å². The van der Waals surface area contributed by atoms with Crippen LogP contribution < -0.4 is 0 Å². The molecule has 0 aromatic rings. The van der Waals surface area contributed by atoms with Gasteiger partial charge in [-0.15, -0.1) is 0 Å². The molecule has 0 heterocycles. The Morgan fingerprint density at radius 1 is 1.19 bits per heavy atom. The van der Waals surface area contributed by atoms with Crippen LogP contribution in [0, 0.1) is 0 Å². The quantitative estimate of drug-likeness (QED) is 0.593. The van der Waals surface area contributed by atoms with Gasteiger partial charge >= 0.3 is 0 Å². The summed E-state index contributed by atoms with van der Waals surface area (Å²) in [6, 6.07) is 0. The Morgan fingerprint density at radius 2 is 1.75 bits per heavy atom. The van der Waals surface area contributed by atoms with E-state index in [1.165, 1.54) is 31.2 Å². The van der Waals surface area contributed by atoms with Gasteiger partial charge in [-0.25, -0.2) is 0 Å². The molecule has 0 atom stereocenters. The van der Waals surface area contributed by atoms with Crippen LogP contribution in [-0.2, 0) is 10.1 Å². The summed E-state index contributed by atoms with van der Waals surface area (Å²) in [4.78, 5) is -0.152. The summed E-state index contributed by atoms with van der Waals surface area (Å²) in [5.41, 5.74) is 0.989. The first-order chi connectivity index (χ1) is 7.42. The second kappa shape index (κ2) is 6.25. The molecule has 0 aliphatic carbocycles. The number of allylic oxidation sites excluding steroid dienone is 7. The lowest BCUT2D eigenvalue weighted by Gasteiger charge is -2.09. The highest BCUT2D eigenvalue weighted by Crippen LogP contribution is 2.24. The molecule has 0 aromatic carbocycles. The fraction of sp³-hybridized carbons (Fsp3) is 0.167. The molecule has 0 amide bonds. The van der Waals surface area contributed by atoms with E-state index in [0.717, 1.165) is 0 Å². The third-order valence-corrected chi connectivity index (χ3v) is 2.94. The van der Waals surface area contributed by atoms with Crippen molar-refractivity contribution in [2.24, 2.45) is 0 Å². The largest absolute Gasteiger partial charge is 0.294 e. The first-order valence-electron chi connectivity index (χ1n) is 4.68. The van der Waals surface area contributed by atoms with E-state index < -0.39 is 10.1 Å². The van der Waals surface area contributed by atoms with E-state index >= 15 is 0 Å². The maximum absolute atomic E-state index is 11.2. The van der Waals surface area contributed by atoms with Crippen LogP contribution in [0.3, 0.4) is 0 Å². The molecule has 0 saturated carbocycles. The van der Waals surface area contributed by atoms with E-state index in [4.69, 9.17) is 4.55 Å². The molecular formula is C12H16O3S. The lowest BCUT2D eigenvalue weighted by atomic mass is 10.0. The van der Waals surface area contributed by atoms with Crippen molar-refractivity contribution in [2.45, 2.75) is 13.8 Å². The van der Waals surface area contributed by atoms with Crippen molar-refractivity contribution < 1.29 is 13.0 Å². The van der Waals surface area contributed by atoms with Gasteiger partial charge < -0.3 is 0 Å². The highest BCUT2D eigenvalue weighted by molar-refractivity contribution is 7.90. The predicted octanol–water partition coefficient (Wildman–Crippen LogP) is 3.02. The zero-order valence-electron chi connectivity index (χ0n) is 9.47. The van der Waals surface area contributed by atoms with Crippen LogP contribution in [0.4, 0.5) is 0 Å². The average molecular weight is 240 g/mol. The molecule has 0 aliphatic heterocycles. The SMILES string of the molecule is C=C/C=C(C(\C=C)=C/C)/C(=C\C)S(=O)(=O)O. The van der Waals surface area contributed by atoms with Gasteiger partial charge in [-0.05, 0) is 19.4 Å². The molecule has 0 radical (unpaired) electrons. The molecule has 0 fully saturated rings. The molecule has 16 heavy (non-hydrogen) atoms. The van der Waals surface area contributed by atoms with Crippen LogP contribution in [0.15, 0.2) is 59.6 Å². The summed E-state index contributed by atoms with van der Waals surface area (Å²) in [6.07, 6.45) is 7.52. The Hall–Kier alpha value is -1.39. The molecular weight excluding hydrogens is 224 g/mol. The molecule has 0 aliphatic rings. The van der Waals surface area contributed by atoms with Crippen LogP contribution in [0.1, 0.15) is 13.8 Å². The van der Waals surface area contributed by atoms with E-state index in [2.05, 4.69) is 13.2 Å². The monoisotopic (exact) mass is 240 g/mol. The van der Waals surface area contributed by atoms with Crippen LogP contribution in [0.2, 0.25) is 0 Å². The van der Waals surface area contributed by atoms with Gasteiger partial charge in [0.1, 0.15) is 0 Å². The third kappa shape index (κ3) is 3.64. The Kier molecular flexibility index (Phi) is 5.71. The smallest absolute Gasteiger partial charge is 0.282 e. The molecule has 0 saturated heterocycles. The fourth-order valence-electron chi connectivity index (χ4n) is 1.27. The van der Waals surface area contributed by atoms with Crippen LogP contribution >= 0.6 is 0 Å². The summed E-state index contributed by atoms with van der Waals surface area (Å²) < 4.78 is 31.4. The summed E-state index contributed by atoms with van der Waals surface area (Å²) in [6.45, 7) is 10.4. The van der Waals surface area contributed by atoms with Gasteiger partial charge in [0.2, 0.25) is 0 Å². The highest BCUT2D eigenvalue weighted by Gasteiger charge is 2.18. The third-order valence-electron chi connectivity index (χ3n) is 1.93. The molecule has 1 N–H and O–H groups in total. The van der Waals surface area contributed by atoms with Gasteiger partial charge in [0.05, 0.1) is 4.91 Å². The molecule has 0 spiro atoms. The van der Waals surface area contributed by atoms with Gasteiger partial charge in [-0.2, -0.15) is 8.42 Å². The van der Waals surface area contributed by atoms with Crippen LogP contribution in [-0.4, -0.2) is 13.0 Å². The minimum absolute atomic E-state index is 0.152. The van der Waals surface area contributed by atoms with Gasteiger partial charge in [0, 0.05) is 5.57 Å². The zero-order valence-corrected chi connectivity index (χ0v) is 10.3. The lowest BCUT2D eigenvalue weighted by Crippen LogP contribution is -2.05. The topological polar surface area (TPSA) is 54.4 Å². The standard InChI is InChI=1S/C12H16O3S/c1-5-9-11(10(6-2)7-3)12(8-4)16(13,14)15/h5-9H,1-2H2,3-4H3,(H,13,14,15)/b10-7-,11-9+,12-8+. The maximum Gasteiger partial charge on any atom is 0.294 e. The summed E-state index contributed by atoms with van der Waals surface area (Å²) in [5, 5.41) is 0. The fourth-order valence-corrected chi connectivity index (χ4v) is 2.03. The first-order valence-corrected chi connectivity index (χ1v) is 6.12. The van der Waals surface area contributed by atoms with Gasteiger partial charge in [-0.1, -0.05) is 43.5 Å². The molecule has 0 unspecified atom stereocenters. The van der Waals surface area contributed by atoms with E-state index in [-0.39, 0.29) is 4.91 Å². The Balaban J connectivity index is 5.85. The molecule has 0 bridgehead atoms. The summed E-state index contributed by atoms with van der Waals surface area (Å²) in [5.74, 6) is 0. The van der Waals surface area contributed by atoms with E-state index in [1.54, 1.807) is 13.0 Å². The highest BCUT2D eigenvalue weighted by atomic mass is 32.2. The lowest BCUT2D eigenvalue weighted by molar-refractivity contribution is 0.491. The molecule has 88 valence electrons. The number of hydrogen-bond acceptors (Lipinski definition) is 2. The molecule has 3 nitrogen and oxygen atoms in total. The van der Waals surface area contributed by atoms with E-state index in [0.29, 0.717) is 11.1 Å². The summed E-state index contributed by atoms with van der Waals surface area (Å²) in [7, 11) is -4.25. The van der Waals surface area contributed by atoms with E-state index in [9.17, 15) is 8.42 Å². The van der Waals surface area contributed by atoms with E-state index in [1.807, 2.05) is 0 Å². The molecule has 0 rings (SSSR count). The number of hydrogen-bond donors (Lipinski definition) is 1. The van der Waals surface area contributed by atoms with Crippen molar-refractivity contribution in [3.63, 3.8) is 0 Å². The van der Waals surface area contributed by atoms with Gasteiger partial charge in [0.25, 0.3) is 10.1 Å². The number of rotatable bonds is 5. The Bertz CT molecular complexity index is 462. The first kappa shape index (κ1) is 14.6. The summed E-state index contributed by atoms with van der Waals surface area (Å²) >= 11 is 0. The van der Waals surface area contributed by atoms with Crippen molar-refractivity contribution in [3.8, 4) is 0 Å². The van der Waals surface area contributed by atoms with Crippen LogP contribution in [0.5, 0.6) is 0 Å². The minimum Gasteiger partial charge on any atom is -0.282 e. The Labute approximate surface area is 96.9 Å². The van der Waals surface area contributed by atoms with Crippen molar-refractivity contribution in [1.82, 2.24) is 0 Å². The van der Waals surface area contributed by atoms with Gasteiger partial charge in [-0.3, -0.25) is 4.55 Å². The normalized spacial score (nSPS) is 14.8. The van der Waals surface area contributed by atoms with Gasteiger partial charge in [0.15, 0.2) is 0 Å². The maximum atomic E-state index is 11.2.